The van der Waals surface area contributed by atoms with Gasteiger partial charge in [0.25, 0.3) is 0 Å². The number of rotatable bonds is 3. The number of nitrogen functional groups attached to an aromatic ring is 1. The minimum atomic E-state index is -3.53. The molecule has 0 aromatic heterocycles. The predicted octanol–water partition coefficient (Wildman–Crippen LogP) is 1.36. The summed E-state index contributed by atoms with van der Waals surface area (Å²) in [5.41, 5.74) is 7.08. The highest BCUT2D eigenvalue weighted by Gasteiger charge is 2.31. The van der Waals surface area contributed by atoms with Crippen LogP contribution in [0, 0.1) is 12.8 Å². The van der Waals surface area contributed by atoms with Crippen molar-refractivity contribution in [1.29, 1.82) is 0 Å². The molecule has 20 heavy (non-hydrogen) atoms. The van der Waals surface area contributed by atoms with Crippen molar-refractivity contribution in [3.05, 3.63) is 23.8 Å². The summed E-state index contributed by atoms with van der Waals surface area (Å²) in [5, 5.41) is 9.57. The van der Waals surface area contributed by atoms with E-state index in [0.717, 1.165) is 5.56 Å². The summed E-state index contributed by atoms with van der Waals surface area (Å²) in [6, 6.07) is 5.00. The quantitative estimate of drug-likeness (QED) is 0.825. The molecule has 1 aliphatic heterocycles. The van der Waals surface area contributed by atoms with Crippen LogP contribution in [0.15, 0.2) is 23.1 Å². The molecule has 2 rings (SSSR count). The van der Waals surface area contributed by atoms with Crippen molar-refractivity contribution in [2.75, 3.05) is 18.8 Å². The lowest BCUT2D eigenvalue weighted by atomic mass is 9.93. The van der Waals surface area contributed by atoms with Gasteiger partial charge in [-0.05, 0) is 50.3 Å². The van der Waals surface area contributed by atoms with Gasteiger partial charge in [0, 0.05) is 13.1 Å². The molecule has 112 valence electrons. The predicted molar refractivity (Wildman–Crippen MR) is 78.8 cm³/mol. The van der Waals surface area contributed by atoms with E-state index in [2.05, 4.69) is 0 Å². The van der Waals surface area contributed by atoms with E-state index in [4.69, 9.17) is 5.73 Å². The molecule has 0 aliphatic carbocycles. The van der Waals surface area contributed by atoms with Gasteiger partial charge in [0.15, 0.2) is 0 Å². The molecule has 3 N–H and O–H groups in total. The third kappa shape index (κ3) is 2.97. The first kappa shape index (κ1) is 15.3. The Bertz CT molecular complexity index is 576. The van der Waals surface area contributed by atoms with E-state index >= 15 is 0 Å². The molecule has 1 atom stereocenters. The van der Waals surface area contributed by atoms with Crippen LogP contribution >= 0.6 is 0 Å². The Morgan fingerprint density at radius 2 is 1.95 bits per heavy atom. The molecule has 1 aromatic carbocycles. The maximum atomic E-state index is 12.6. The third-order valence-corrected chi connectivity index (χ3v) is 5.94. The van der Waals surface area contributed by atoms with Crippen LogP contribution in [0.25, 0.3) is 0 Å². The van der Waals surface area contributed by atoms with Crippen LogP contribution in [0.2, 0.25) is 0 Å². The normalized spacial score (nSPS) is 19.9. The number of nitrogens with two attached hydrogens (primary N) is 1. The second kappa shape index (κ2) is 5.71. The van der Waals surface area contributed by atoms with Crippen LogP contribution in [0.5, 0.6) is 0 Å². The zero-order chi connectivity index (χ0) is 14.9. The highest BCUT2D eigenvalue weighted by Crippen LogP contribution is 2.28. The van der Waals surface area contributed by atoms with Gasteiger partial charge in [-0.3, -0.25) is 0 Å². The van der Waals surface area contributed by atoms with E-state index in [1.165, 1.54) is 4.31 Å². The maximum Gasteiger partial charge on any atom is 0.245 e. The number of hydrogen-bond donors (Lipinski definition) is 2. The fraction of sp³-hybridized carbons (Fsp3) is 0.571. The smallest absolute Gasteiger partial charge is 0.245 e. The van der Waals surface area contributed by atoms with Crippen molar-refractivity contribution in [2.45, 2.75) is 37.7 Å². The molecule has 0 amide bonds. The fourth-order valence-corrected chi connectivity index (χ4v) is 4.21. The number of aliphatic hydroxyl groups is 1. The van der Waals surface area contributed by atoms with Gasteiger partial charge < -0.3 is 10.8 Å². The molecule has 1 heterocycles. The van der Waals surface area contributed by atoms with E-state index in [1.54, 1.807) is 25.1 Å². The van der Waals surface area contributed by atoms with Gasteiger partial charge in [-0.2, -0.15) is 4.31 Å². The zero-order valence-corrected chi connectivity index (χ0v) is 12.7. The maximum absolute atomic E-state index is 12.6. The van der Waals surface area contributed by atoms with Crippen molar-refractivity contribution in [3.63, 3.8) is 0 Å². The lowest BCUT2D eigenvalue weighted by Crippen LogP contribution is -2.40. The van der Waals surface area contributed by atoms with E-state index in [-0.39, 0.29) is 16.9 Å². The Labute approximate surface area is 120 Å². The summed E-state index contributed by atoms with van der Waals surface area (Å²) in [5.74, 6) is 0.178. The fourth-order valence-electron chi connectivity index (χ4n) is 2.64. The standard InChI is InChI=1S/C14H22N2O3S/c1-10-3-4-14(13(15)9-10)20(18,19)16-7-5-12(6-8-16)11(2)17/h3-4,9,11-12,17H,5-8,15H2,1-2H3. The first-order valence-electron chi connectivity index (χ1n) is 6.86. The second-order valence-electron chi connectivity index (χ2n) is 5.52. The van der Waals surface area contributed by atoms with Crippen LogP contribution in [-0.4, -0.2) is 37.0 Å². The molecule has 0 spiro atoms. The van der Waals surface area contributed by atoms with Crippen LogP contribution in [0.4, 0.5) is 5.69 Å². The van der Waals surface area contributed by atoms with Gasteiger partial charge in [0.2, 0.25) is 10.0 Å². The average Bonchev–Trinajstić information content (AvgIpc) is 2.38. The van der Waals surface area contributed by atoms with Crippen molar-refractivity contribution >= 4 is 15.7 Å². The lowest BCUT2D eigenvalue weighted by molar-refractivity contribution is 0.0912. The number of sulfonamides is 1. The Balaban J connectivity index is 2.20. The number of hydrogen-bond acceptors (Lipinski definition) is 4. The van der Waals surface area contributed by atoms with E-state index in [1.807, 2.05) is 6.92 Å². The molecular weight excluding hydrogens is 276 g/mol. The van der Waals surface area contributed by atoms with E-state index < -0.39 is 10.0 Å². The summed E-state index contributed by atoms with van der Waals surface area (Å²) in [7, 11) is -3.53. The molecule has 5 nitrogen and oxygen atoms in total. The van der Waals surface area contributed by atoms with Crippen LogP contribution in [0.3, 0.4) is 0 Å². The highest BCUT2D eigenvalue weighted by molar-refractivity contribution is 7.89. The SMILES string of the molecule is Cc1ccc(S(=O)(=O)N2CCC(C(C)O)CC2)c(N)c1. The summed E-state index contributed by atoms with van der Waals surface area (Å²) >= 11 is 0. The first-order valence-corrected chi connectivity index (χ1v) is 8.30. The first-order chi connectivity index (χ1) is 9.32. The summed E-state index contributed by atoms with van der Waals surface area (Å²) in [6.07, 6.45) is 0.981. The molecule has 0 radical (unpaired) electrons. The minimum Gasteiger partial charge on any atom is -0.398 e. The minimum absolute atomic E-state index is 0.178. The third-order valence-electron chi connectivity index (χ3n) is 3.96. The average molecular weight is 298 g/mol. The van der Waals surface area contributed by atoms with Gasteiger partial charge in [-0.15, -0.1) is 0 Å². The summed E-state index contributed by atoms with van der Waals surface area (Å²) in [6.45, 7) is 4.50. The number of anilines is 1. The largest absolute Gasteiger partial charge is 0.398 e. The van der Waals surface area contributed by atoms with Crippen LogP contribution < -0.4 is 5.73 Å². The van der Waals surface area contributed by atoms with Crippen LogP contribution in [-0.2, 0) is 10.0 Å². The van der Waals surface area contributed by atoms with Gasteiger partial charge >= 0.3 is 0 Å². The summed E-state index contributed by atoms with van der Waals surface area (Å²) in [4.78, 5) is 0.179. The van der Waals surface area contributed by atoms with Crippen molar-refractivity contribution in [3.8, 4) is 0 Å². The highest BCUT2D eigenvalue weighted by atomic mass is 32.2. The Kier molecular flexibility index (Phi) is 4.36. The van der Waals surface area contributed by atoms with Gasteiger partial charge in [0.1, 0.15) is 4.90 Å². The van der Waals surface area contributed by atoms with Crippen molar-refractivity contribution in [2.24, 2.45) is 5.92 Å². The number of aryl methyl sites for hydroxylation is 1. The van der Waals surface area contributed by atoms with Crippen molar-refractivity contribution < 1.29 is 13.5 Å². The Morgan fingerprint density at radius 1 is 1.35 bits per heavy atom. The molecule has 1 fully saturated rings. The van der Waals surface area contributed by atoms with Crippen LogP contribution in [0.1, 0.15) is 25.3 Å². The molecule has 1 saturated heterocycles. The lowest BCUT2D eigenvalue weighted by Gasteiger charge is -2.32. The molecule has 1 aliphatic rings. The number of aliphatic hydroxyl groups excluding tert-OH is 1. The van der Waals surface area contributed by atoms with Gasteiger partial charge in [-0.1, -0.05) is 6.07 Å². The van der Waals surface area contributed by atoms with E-state index in [0.29, 0.717) is 31.6 Å². The number of nitrogens with zero attached hydrogens (tertiary/aromatic N) is 1. The molecule has 0 bridgehead atoms. The molecule has 0 saturated carbocycles. The summed E-state index contributed by atoms with van der Waals surface area (Å²) < 4.78 is 26.6. The Hall–Kier alpha value is -1.11. The number of benzene rings is 1. The Morgan fingerprint density at radius 3 is 2.45 bits per heavy atom. The number of piperidine rings is 1. The van der Waals surface area contributed by atoms with Gasteiger partial charge in [0.05, 0.1) is 11.8 Å². The molecule has 1 unspecified atom stereocenters. The monoisotopic (exact) mass is 298 g/mol. The zero-order valence-electron chi connectivity index (χ0n) is 11.9. The topological polar surface area (TPSA) is 83.6 Å². The molecular formula is C14H22N2O3S. The van der Waals surface area contributed by atoms with Crippen molar-refractivity contribution in [1.82, 2.24) is 4.31 Å². The molecule has 6 heteroatoms. The molecule has 1 aromatic rings. The second-order valence-corrected chi connectivity index (χ2v) is 7.43. The van der Waals surface area contributed by atoms with E-state index in [9.17, 15) is 13.5 Å². The van der Waals surface area contributed by atoms with Gasteiger partial charge in [-0.25, -0.2) is 8.42 Å².